The lowest BCUT2D eigenvalue weighted by Gasteiger charge is -2.21. The van der Waals surface area contributed by atoms with Crippen molar-refractivity contribution in [2.24, 2.45) is 0 Å². The molecule has 0 unspecified atom stereocenters. The fraction of sp³-hybridized carbons (Fsp3) is 0.417. The number of hydrogen-bond donors (Lipinski definition) is 0. The first-order valence-electron chi connectivity index (χ1n) is 10.4. The van der Waals surface area contributed by atoms with Gasteiger partial charge in [0.2, 0.25) is 5.91 Å². The van der Waals surface area contributed by atoms with Gasteiger partial charge in [0.05, 0.1) is 10.2 Å². The number of benzene rings is 2. The van der Waals surface area contributed by atoms with E-state index in [2.05, 4.69) is 76.2 Å². The van der Waals surface area contributed by atoms with E-state index in [9.17, 15) is 4.79 Å². The summed E-state index contributed by atoms with van der Waals surface area (Å²) in [5.41, 5.74) is 4.67. The molecule has 0 aliphatic rings. The summed E-state index contributed by atoms with van der Waals surface area (Å²) in [6.45, 7) is 7.93. The van der Waals surface area contributed by atoms with Crippen LogP contribution in [0.3, 0.4) is 0 Å². The van der Waals surface area contributed by atoms with Gasteiger partial charge in [-0.2, -0.15) is 0 Å². The van der Waals surface area contributed by atoms with Crippen LogP contribution in [0, 0.1) is 20.8 Å². The lowest BCUT2D eigenvalue weighted by atomic mass is 10.1. The number of thiazole rings is 1. The van der Waals surface area contributed by atoms with E-state index in [1.165, 1.54) is 21.6 Å². The number of thioether (sulfide) groups is 1. The number of aryl methyl sites for hydroxylation is 3. The minimum atomic E-state index is 0. The van der Waals surface area contributed by atoms with Gasteiger partial charge in [0.25, 0.3) is 0 Å². The van der Waals surface area contributed by atoms with E-state index in [4.69, 9.17) is 4.98 Å². The van der Waals surface area contributed by atoms with Gasteiger partial charge in [0.15, 0.2) is 5.13 Å². The van der Waals surface area contributed by atoms with Crippen LogP contribution in [0.4, 0.5) is 5.13 Å². The number of amides is 1. The summed E-state index contributed by atoms with van der Waals surface area (Å²) in [4.78, 5) is 23.3. The SMILES string of the molecule is Cc1ccc(SCCC(=O)N(CCCN(C)C)c2nc3c(C)cc(C)cc3s2)cc1.Cl. The Hall–Kier alpha value is -1.60. The van der Waals surface area contributed by atoms with Crippen LogP contribution in [0.1, 0.15) is 29.5 Å². The summed E-state index contributed by atoms with van der Waals surface area (Å²) in [5, 5.41) is 0.822. The fourth-order valence-electron chi connectivity index (χ4n) is 3.37. The van der Waals surface area contributed by atoms with Crippen molar-refractivity contribution in [1.29, 1.82) is 0 Å². The van der Waals surface area contributed by atoms with Crippen LogP contribution in [-0.4, -0.2) is 48.7 Å². The van der Waals surface area contributed by atoms with Crippen LogP contribution in [0.5, 0.6) is 0 Å². The minimum Gasteiger partial charge on any atom is -0.309 e. The number of fused-ring (bicyclic) bond motifs is 1. The van der Waals surface area contributed by atoms with Crippen molar-refractivity contribution >= 4 is 56.8 Å². The molecule has 31 heavy (non-hydrogen) atoms. The molecule has 2 aromatic carbocycles. The zero-order chi connectivity index (χ0) is 21.7. The smallest absolute Gasteiger partial charge is 0.229 e. The second-order valence-corrected chi connectivity index (χ2v) is 10.2. The molecule has 0 bridgehead atoms. The van der Waals surface area contributed by atoms with Crippen molar-refractivity contribution in [3.8, 4) is 0 Å². The Morgan fingerprint density at radius 1 is 1.03 bits per heavy atom. The van der Waals surface area contributed by atoms with Crippen molar-refractivity contribution in [3.63, 3.8) is 0 Å². The molecule has 1 amide bonds. The highest BCUT2D eigenvalue weighted by Crippen LogP contribution is 2.32. The number of carbonyl (C=O) groups excluding carboxylic acids is 1. The molecule has 4 nitrogen and oxygen atoms in total. The molecule has 7 heteroatoms. The zero-order valence-electron chi connectivity index (χ0n) is 19.0. The monoisotopic (exact) mass is 477 g/mol. The van der Waals surface area contributed by atoms with E-state index in [1.807, 2.05) is 4.90 Å². The quantitative estimate of drug-likeness (QED) is 0.348. The molecule has 1 aromatic heterocycles. The third kappa shape index (κ3) is 7.21. The standard InChI is InChI=1S/C24H31N3OS2.ClH/c1-17-7-9-20(10-8-17)29-14-11-22(28)27(13-6-12-26(4)5)24-25-23-19(3)15-18(2)16-21(23)30-24;/h7-10,15-16H,6,11-14H2,1-5H3;1H. The molecular weight excluding hydrogens is 446 g/mol. The van der Waals surface area contributed by atoms with Crippen LogP contribution in [-0.2, 0) is 4.79 Å². The zero-order valence-corrected chi connectivity index (χ0v) is 21.4. The maximum atomic E-state index is 13.2. The summed E-state index contributed by atoms with van der Waals surface area (Å²) in [6, 6.07) is 12.8. The summed E-state index contributed by atoms with van der Waals surface area (Å²) in [6.07, 6.45) is 1.44. The Balaban J connectivity index is 0.00000341. The van der Waals surface area contributed by atoms with Gasteiger partial charge in [-0.1, -0.05) is 35.1 Å². The highest BCUT2D eigenvalue weighted by atomic mass is 35.5. The summed E-state index contributed by atoms with van der Waals surface area (Å²) in [7, 11) is 4.13. The molecule has 0 aliphatic heterocycles. The molecule has 1 heterocycles. The van der Waals surface area contributed by atoms with Gasteiger partial charge in [-0.25, -0.2) is 4.98 Å². The Labute approximate surface area is 200 Å². The number of aromatic nitrogens is 1. The van der Waals surface area contributed by atoms with Crippen molar-refractivity contribution < 1.29 is 4.79 Å². The van der Waals surface area contributed by atoms with Crippen molar-refractivity contribution in [3.05, 3.63) is 53.1 Å². The van der Waals surface area contributed by atoms with E-state index in [-0.39, 0.29) is 18.3 Å². The summed E-state index contributed by atoms with van der Waals surface area (Å²) in [5.74, 6) is 0.927. The average molecular weight is 478 g/mol. The second-order valence-electron chi connectivity index (χ2n) is 8.04. The van der Waals surface area contributed by atoms with Crippen molar-refractivity contribution in [2.75, 3.05) is 37.8 Å². The number of carbonyl (C=O) groups is 1. The molecule has 0 radical (unpaired) electrons. The molecule has 0 aliphatic carbocycles. The predicted molar refractivity (Wildman–Crippen MR) is 138 cm³/mol. The van der Waals surface area contributed by atoms with Crippen molar-refractivity contribution in [2.45, 2.75) is 38.5 Å². The third-order valence-electron chi connectivity index (χ3n) is 4.94. The number of hydrogen-bond acceptors (Lipinski definition) is 5. The van der Waals surface area contributed by atoms with Gasteiger partial charge in [0.1, 0.15) is 0 Å². The van der Waals surface area contributed by atoms with Gasteiger partial charge in [0, 0.05) is 23.6 Å². The lowest BCUT2D eigenvalue weighted by molar-refractivity contribution is -0.118. The first-order valence-corrected chi connectivity index (χ1v) is 12.2. The topological polar surface area (TPSA) is 36.4 Å². The number of nitrogens with zero attached hydrogens (tertiary/aromatic N) is 3. The Morgan fingerprint density at radius 3 is 2.42 bits per heavy atom. The Morgan fingerprint density at radius 2 is 1.74 bits per heavy atom. The first-order chi connectivity index (χ1) is 14.3. The van der Waals surface area contributed by atoms with Gasteiger partial charge in [-0.15, -0.1) is 24.2 Å². The molecule has 0 saturated heterocycles. The van der Waals surface area contributed by atoms with E-state index in [0.717, 1.165) is 34.1 Å². The molecule has 0 spiro atoms. The van der Waals surface area contributed by atoms with Crippen molar-refractivity contribution in [1.82, 2.24) is 9.88 Å². The highest BCUT2D eigenvalue weighted by Gasteiger charge is 2.20. The molecule has 168 valence electrons. The van der Waals surface area contributed by atoms with Gasteiger partial charge in [-0.3, -0.25) is 9.69 Å². The van der Waals surface area contributed by atoms with E-state index >= 15 is 0 Å². The van der Waals surface area contributed by atoms with Gasteiger partial charge < -0.3 is 4.90 Å². The first kappa shape index (κ1) is 25.7. The number of anilines is 1. The molecule has 3 aromatic rings. The van der Waals surface area contributed by atoms with Crippen LogP contribution >= 0.6 is 35.5 Å². The second kappa shape index (κ2) is 11.9. The average Bonchev–Trinajstić information content (AvgIpc) is 3.10. The van der Waals surface area contributed by atoms with Crippen LogP contribution in [0.15, 0.2) is 41.3 Å². The van der Waals surface area contributed by atoms with Crippen LogP contribution < -0.4 is 4.90 Å². The lowest BCUT2D eigenvalue weighted by Crippen LogP contribution is -2.33. The third-order valence-corrected chi connectivity index (χ3v) is 6.98. The van der Waals surface area contributed by atoms with E-state index in [1.54, 1.807) is 23.1 Å². The molecule has 0 atom stereocenters. The van der Waals surface area contributed by atoms with Gasteiger partial charge in [-0.05, 0) is 77.2 Å². The Bertz CT molecular complexity index is 1000. The predicted octanol–water partition coefficient (Wildman–Crippen LogP) is 6.11. The largest absolute Gasteiger partial charge is 0.309 e. The highest BCUT2D eigenvalue weighted by molar-refractivity contribution is 7.99. The number of halogens is 1. The molecule has 0 fully saturated rings. The maximum Gasteiger partial charge on any atom is 0.229 e. The van der Waals surface area contributed by atoms with Crippen LogP contribution in [0.2, 0.25) is 0 Å². The van der Waals surface area contributed by atoms with E-state index < -0.39 is 0 Å². The minimum absolute atomic E-state index is 0. The molecule has 0 saturated carbocycles. The fourth-order valence-corrected chi connectivity index (χ4v) is 5.40. The number of rotatable bonds is 9. The van der Waals surface area contributed by atoms with Crippen LogP contribution in [0.25, 0.3) is 10.2 Å². The summed E-state index contributed by atoms with van der Waals surface area (Å²) >= 11 is 3.36. The molecular formula is C24H32ClN3OS2. The molecule has 3 rings (SSSR count). The maximum absolute atomic E-state index is 13.2. The van der Waals surface area contributed by atoms with E-state index in [0.29, 0.717) is 13.0 Å². The van der Waals surface area contributed by atoms with Gasteiger partial charge >= 0.3 is 0 Å². The Kier molecular flexibility index (Phi) is 9.82. The summed E-state index contributed by atoms with van der Waals surface area (Å²) < 4.78 is 1.15. The normalized spacial score (nSPS) is 11.0. The molecule has 0 N–H and O–H groups in total.